The number of aryl methyl sites for hydroxylation is 1. The molecule has 2 rings (SSSR count). The SMILES string of the molecule is CC(CN(C)C)NC1CCc2cc(Br)ccc2C1. The maximum Gasteiger partial charge on any atom is 0.0178 e. The lowest BCUT2D eigenvalue weighted by Gasteiger charge is -2.29. The van der Waals surface area contributed by atoms with Gasteiger partial charge in [-0.05, 0) is 63.5 Å². The molecule has 18 heavy (non-hydrogen) atoms. The second kappa shape index (κ2) is 6.18. The van der Waals surface area contributed by atoms with E-state index in [1.165, 1.54) is 34.9 Å². The summed E-state index contributed by atoms with van der Waals surface area (Å²) in [6, 6.07) is 7.89. The topological polar surface area (TPSA) is 15.3 Å². The minimum Gasteiger partial charge on any atom is -0.310 e. The summed E-state index contributed by atoms with van der Waals surface area (Å²) in [5.74, 6) is 0. The van der Waals surface area contributed by atoms with Crippen molar-refractivity contribution in [2.24, 2.45) is 0 Å². The van der Waals surface area contributed by atoms with Crippen LogP contribution in [0.1, 0.15) is 24.5 Å². The average molecular weight is 311 g/mol. The van der Waals surface area contributed by atoms with Crippen LogP contribution in [0.4, 0.5) is 0 Å². The van der Waals surface area contributed by atoms with Crippen molar-refractivity contribution in [3.05, 3.63) is 33.8 Å². The summed E-state index contributed by atoms with van der Waals surface area (Å²) in [6.07, 6.45) is 3.61. The van der Waals surface area contributed by atoms with Crippen molar-refractivity contribution in [3.8, 4) is 0 Å². The van der Waals surface area contributed by atoms with E-state index in [1.807, 2.05) is 0 Å². The molecule has 0 heterocycles. The lowest BCUT2D eigenvalue weighted by Crippen LogP contribution is -2.44. The van der Waals surface area contributed by atoms with Gasteiger partial charge < -0.3 is 10.2 Å². The van der Waals surface area contributed by atoms with Crippen LogP contribution in [0.5, 0.6) is 0 Å². The molecule has 0 radical (unpaired) electrons. The van der Waals surface area contributed by atoms with Gasteiger partial charge in [-0.15, -0.1) is 0 Å². The highest BCUT2D eigenvalue weighted by Gasteiger charge is 2.20. The Morgan fingerprint density at radius 2 is 2.17 bits per heavy atom. The molecule has 0 saturated carbocycles. The van der Waals surface area contributed by atoms with Gasteiger partial charge in [0.25, 0.3) is 0 Å². The fraction of sp³-hybridized carbons (Fsp3) is 0.600. The number of nitrogens with zero attached hydrogens (tertiary/aromatic N) is 1. The van der Waals surface area contributed by atoms with E-state index in [-0.39, 0.29) is 0 Å². The Morgan fingerprint density at radius 3 is 2.89 bits per heavy atom. The maximum atomic E-state index is 3.75. The average Bonchev–Trinajstić information content (AvgIpc) is 2.28. The molecular formula is C15H23BrN2. The largest absolute Gasteiger partial charge is 0.310 e. The second-order valence-corrected chi connectivity index (χ2v) is 6.60. The van der Waals surface area contributed by atoms with Crippen molar-refractivity contribution >= 4 is 15.9 Å². The highest BCUT2D eigenvalue weighted by molar-refractivity contribution is 9.10. The van der Waals surface area contributed by atoms with E-state index in [0.717, 1.165) is 6.54 Å². The van der Waals surface area contributed by atoms with Crippen LogP contribution in [-0.4, -0.2) is 37.6 Å². The number of nitrogens with one attached hydrogen (secondary N) is 1. The van der Waals surface area contributed by atoms with E-state index in [4.69, 9.17) is 0 Å². The molecule has 1 aliphatic carbocycles. The second-order valence-electron chi connectivity index (χ2n) is 5.68. The quantitative estimate of drug-likeness (QED) is 0.920. The van der Waals surface area contributed by atoms with Crippen LogP contribution in [0, 0.1) is 0 Å². The van der Waals surface area contributed by atoms with Gasteiger partial charge in [0, 0.05) is 23.1 Å². The van der Waals surface area contributed by atoms with Gasteiger partial charge in [-0.3, -0.25) is 0 Å². The molecule has 0 bridgehead atoms. The first-order valence-corrected chi connectivity index (χ1v) is 7.52. The Labute approximate surface area is 119 Å². The minimum absolute atomic E-state index is 0.557. The van der Waals surface area contributed by atoms with Gasteiger partial charge in [0.05, 0.1) is 0 Å². The third-order valence-electron chi connectivity index (χ3n) is 3.56. The molecule has 0 aromatic heterocycles. The zero-order valence-corrected chi connectivity index (χ0v) is 13.1. The van der Waals surface area contributed by atoms with E-state index in [2.05, 4.69) is 65.4 Å². The molecule has 2 nitrogen and oxygen atoms in total. The Bertz CT molecular complexity index is 403. The summed E-state index contributed by atoms with van der Waals surface area (Å²) in [7, 11) is 4.26. The lowest BCUT2D eigenvalue weighted by atomic mass is 9.88. The standard InChI is InChI=1S/C15H23BrN2/c1-11(10-18(2)3)17-15-7-5-12-8-14(16)6-4-13(12)9-15/h4,6,8,11,15,17H,5,7,9-10H2,1-3H3. The van der Waals surface area contributed by atoms with E-state index in [9.17, 15) is 0 Å². The summed E-state index contributed by atoms with van der Waals surface area (Å²) < 4.78 is 1.20. The predicted octanol–water partition coefficient (Wildman–Crippen LogP) is 2.85. The predicted molar refractivity (Wildman–Crippen MR) is 81.1 cm³/mol. The Hall–Kier alpha value is -0.380. The molecule has 2 atom stereocenters. The first kappa shape index (κ1) is 14.0. The van der Waals surface area contributed by atoms with Crippen LogP contribution >= 0.6 is 15.9 Å². The van der Waals surface area contributed by atoms with Crippen molar-refractivity contribution in [1.82, 2.24) is 10.2 Å². The number of hydrogen-bond acceptors (Lipinski definition) is 2. The Morgan fingerprint density at radius 1 is 1.39 bits per heavy atom. The van der Waals surface area contributed by atoms with Crippen LogP contribution in [0.15, 0.2) is 22.7 Å². The van der Waals surface area contributed by atoms with Crippen LogP contribution in [0.2, 0.25) is 0 Å². The monoisotopic (exact) mass is 310 g/mol. The molecule has 0 fully saturated rings. The number of hydrogen-bond donors (Lipinski definition) is 1. The molecule has 1 aromatic rings. The zero-order chi connectivity index (χ0) is 13.1. The van der Waals surface area contributed by atoms with E-state index < -0.39 is 0 Å². The Balaban J connectivity index is 1.93. The van der Waals surface area contributed by atoms with Gasteiger partial charge in [0.15, 0.2) is 0 Å². The van der Waals surface area contributed by atoms with Crippen molar-refractivity contribution in [1.29, 1.82) is 0 Å². The van der Waals surface area contributed by atoms with Crippen LogP contribution in [-0.2, 0) is 12.8 Å². The van der Waals surface area contributed by atoms with Crippen molar-refractivity contribution in [2.75, 3.05) is 20.6 Å². The van der Waals surface area contributed by atoms with Crippen LogP contribution < -0.4 is 5.32 Å². The third kappa shape index (κ3) is 3.81. The number of benzene rings is 1. The molecule has 0 aliphatic heterocycles. The first-order chi connectivity index (χ1) is 8.54. The van der Waals surface area contributed by atoms with Gasteiger partial charge in [-0.1, -0.05) is 22.0 Å². The van der Waals surface area contributed by atoms with Gasteiger partial charge in [0.1, 0.15) is 0 Å². The summed E-state index contributed by atoms with van der Waals surface area (Å²) in [5.41, 5.74) is 3.03. The van der Waals surface area contributed by atoms with Gasteiger partial charge in [-0.2, -0.15) is 0 Å². The third-order valence-corrected chi connectivity index (χ3v) is 4.05. The molecule has 1 N–H and O–H groups in total. The van der Waals surface area contributed by atoms with Crippen LogP contribution in [0.3, 0.4) is 0 Å². The van der Waals surface area contributed by atoms with Crippen molar-refractivity contribution < 1.29 is 0 Å². The maximum absolute atomic E-state index is 3.75. The molecule has 0 spiro atoms. The lowest BCUT2D eigenvalue weighted by molar-refractivity contribution is 0.317. The minimum atomic E-state index is 0.557. The van der Waals surface area contributed by atoms with E-state index in [0.29, 0.717) is 12.1 Å². The summed E-state index contributed by atoms with van der Waals surface area (Å²) >= 11 is 3.55. The zero-order valence-electron chi connectivity index (χ0n) is 11.5. The highest BCUT2D eigenvalue weighted by Crippen LogP contribution is 2.24. The normalized spacial score (nSPS) is 20.8. The summed E-state index contributed by atoms with van der Waals surface area (Å²) in [4.78, 5) is 2.24. The summed E-state index contributed by atoms with van der Waals surface area (Å²) in [6.45, 7) is 3.38. The smallest absolute Gasteiger partial charge is 0.0178 e. The summed E-state index contributed by atoms with van der Waals surface area (Å²) in [5, 5.41) is 3.75. The van der Waals surface area contributed by atoms with Crippen molar-refractivity contribution in [3.63, 3.8) is 0 Å². The van der Waals surface area contributed by atoms with Crippen LogP contribution in [0.25, 0.3) is 0 Å². The van der Waals surface area contributed by atoms with Crippen molar-refractivity contribution in [2.45, 2.75) is 38.3 Å². The van der Waals surface area contributed by atoms with E-state index >= 15 is 0 Å². The molecule has 1 aliphatic rings. The molecule has 0 amide bonds. The van der Waals surface area contributed by atoms with Gasteiger partial charge in [0.2, 0.25) is 0 Å². The molecular weight excluding hydrogens is 288 g/mol. The first-order valence-electron chi connectivity index (χ1n) is 6.72. The highest BCUT2D eigenvalue weighted by atomic mass is 79.9. The number of halogens is 1. The fourth-order valence-electron chi connectivity index (χ4n) is 2.87. The fourth-order valence-corrected chi connectivity index (χ4v) is 3.28. The molecule has 2 unspecified atom stereocenters. The number of likely N-dealkylation sites (N-methyl/N-ethyl adjacent to an activating group) is 1. The molecule has 3 heteroatoms. The number of fused-ring (bicyclic) bond motifs is 1. The van der Waals surface area contributed by atoms with Gasteiger partial charge in [-0.25, -0.2) is 0 Å². The number of rotatable bonds is 4. The Kier molecular flexibility index (Phi) is 4.82. The molecule has 0 saturated heterocycles. The van der Waals surface area contributed by atoms with Gasteiger partial charge >= 0.3 is 0 Å². The molecule has 1 aromatic carbocycles. The van der Waals surface area contributed by atoms with E-state index in [1.54, 1.807) is 0 Å². The molecule has 100 valence electrons.